The molecule has 0 saturated carbocycles. The van der Waals surface area contributed by atoms with E-state index in [1.807, 2.05) is 20.9 Å². The Morgan fingerprint density at radius 2 is 1.80 bits per heavy atom. The van der Waals surface area contributed by atoms with Gasteiger partial charge >= 0.3 is 0 Å². The van der Waals surface area contributed by atoms with E-state index >= 15 is 0 Å². The molecular formula is C7H17NOZr. The summed E-state index contributed by atoms with van der Waals surface area (Å²) in [6.07, 6.45) is 0. The van der Waals surface area contributed by atoms with Gasteiger partial charge in [-0.15, -0.1) is 0 Å². The second kappa shape index (κ2) is 5.45. The quantitative estimate of drug-likeness (QED) is 0.760. The van der Waals surface area contributed by atoms with Crippen molar-refractivity contribution in [1.29, 1.82) is 0 Å². The van der Waals surface area contributed by atoms with Gasteiger partial charge in [-0.05, 0) is 27.4 Å². The third-order valence-corrected chi connectivity index (χ3v) is 1.20. The van der Waals surface area contributed by atoms with Gasteiger partial charge in [-0.3, -0.25) is 0 Å². The number of aliphatic hydroxyl groups is 1. The Hall–Kier alpha value is 0.803. The maximum absolute atomic E-state index is 9.28. The second-order valence-electron chi connectivity index (χ2n) is 3.14. The summed E-state index contributed by atoms with van der Waals surface area (Å²) < 4.78 is 0. The van der Waals surface area contributed by atoms with Crippen LogP contribution in [0.5, 0.6) is 0 Å². The van der Waals surface area contributed by atoms with Crippen molar-refractivity contribution in [3.05, 3.63) is 0 Å². The summed E-state index contributed by atoms with van der Waals surface area (Å²) in [6, 6.07) is 0. The predicted octanol–water partition coefficient (Wildman–Crippen LogP) is 0.707. The molecule has 0 spiro atoms. The number of hydrogen-bond donors (Lipinski definition) is 1. The van der Waals surface area contributed by atoms with Crippen molar-refractivity contribution < 1.29 is 31.3 Å². The van der Waals surface area contributed by atoms with Crippen molar-refractivity contribution in [2.45, 2.75) is 26.4 Å². The normalized spacial score (nSPS) is 11.4. The molecule has 0 atom stereocenters. The minimum absolute atomic E-state index is 0. The van der Waals surface area contributed by atoms with Crippen LogP contribution in [0.2, 0.25) is 0 Å². The molecule has 0 rings (SSSR count). The summed E-state index contributed by atoms with van der Waals surface area (Å²) in [6.45, 7) is 7.44. The van der Waals surface area contributed by atoms with E-state index in [4.69, 9.17) is 0 Å². The molecule has 0 aromatic carbocycles. The fourth-order valence-corrected chi connectivity index (χ4v) is 0.772. The summed E-state index contributed by atoms with van der Waals surface area (Å²) in [5.74, 6) is 0. The SMILES string of the molecule is CCN(C)CC(C)(C)O.[Zr]. The van der Waals surface area contributed by atoms with Crippen molar-refractivity contribution in [3.8, 4) is 0 Å². The molecule has 0 unspecified atom stereocenters. The van der Waals surface area contributed by atoms with Gasteiger partial charge in [0.1, 0.15) is 0 Å². The molecule has 1 N–H and O–H groups in total. The molecule has 0 aromatic heterocycles. The van der Waals surface area contributed by atoms with E-state index in [0.717, 1.165) is 13.1 Å². The first-order valence-corrected chi connectivity index (χ1v) is 3.36. The van der Waals surface area contributed by atoms with Gasteiger partial charge < -0.3 is 10.0 Å². The molecule has 0 bridgehead atoms. The fourth-order valence-electron chi connectivity index (χ4n) is 0.772. The Morgan fingerprint density at radius 1 is 1.40 bits per heavy atom. The Labute approximate surface area is 82.7 Å². The van der Waals surface area contributed by atoms with Gasteiger partial charge in [0.05, 0.1) is 5.60 Å². The second-order valence-corrected chi connectivity index (χ2v) is 3.14. The molecule has 0 radical (unpaired) electrons. The molecule has 0 aromatic rings. The molecular weight excluding hydrogens is 205 g/mol. The molecule has 60 valence electrons. The molecule has 0 aliphatic heterocycles. The van der Waals surface area contributed by atoms with E-state index < -0.39 is 5.60 Å². The van der Waals surface area contributed by atoms with E-state index in [0.29, 0.717) is 0 Å². The topological polar surface area (TPSA) is 23.5 Å². The standard InChI is InChI=1S/C7H17NO.Zr/c1-5-8(4)6-7(2,3)9;/h9H,5-6H2,1-4H3;. The molecule has 0 fully saturated rings. The molecule has 0 amide bonds. The van der Waals surface area contributed by atoms with Gasteiger partial charge in [0.2, 0.25) is 0 Å². The van der Waals surface area contributed by atoms with Crippen LogP contribution in [0, 0.1) is 0 Å². The van der Waals surface area contributed by atoms with Gasteiger partial charge in [0.15, 0.2) is 0 Å². The van der Waals surface area contributed by atoms with Crippen LogP contribution in [0.1, 0.15) is 20.8 Å². The van der Waals surface area contributed by atoms with Crippen LogP contribution in [0.15, 0.2) is 0 Å². The van der Waals surface area contributed by atoms with Crippen LogP contribution in [0.4, 0.5) is 0 Å². The molecule has 0 saturated heterocycles. The Balaban J connectivity index is 0. The third-order valence-electron chi connectivity index (χ3n) is 1.20. The van der Waals surface area contributed by atoms with Gasteiger partial charge in [0, 0.05) is 32.7 Å². The van der Waals surface area contributed by atoms with E-state index in [9.17, 15) is 5.11 Å². The van der Waals surface area contributed by atoms with Crippen LogP contribution in [0.3, 0.4) is 0 Å². The van der Waals surface area contributed by atoms with Gasteiger partial charge in [0.25, 0.3) is 0 Å². The first-order chi connectivity index (χ1) is 3.95. The monoisotopic (exact) mass is 221 g/mol. The minimum Gasteiger partial charge on any atom is -0.389 e. The first kappa shape index (κ1) is 13.4. The Kier molecular flexibility index (Phi) is 7.31. The number of hydrogen-bond acceptors (Lipinski definition) is 2. The van der Waals surface area contributed by atoms with Gasteiger partial charge in [-0.2, -0.15) is 0 Å². The zero-order valence-corrected chi connectivity index (χ0v) is 9.77. The van der Waals surface area contributed by atoms with E-state index in [1.54, 1.807) is 0 Å². The van der Waals surface area contributed by atoms with E-state index in [2.05, 4.69) is 11.8 Å². The van der Waals surface area contributed by atoms with Crippen LogP contribution >= 0.6 is 0 Å². The molecule has 0 aliphatic rings. The van der Waals surface area contributed by atoms with Crippen LogP contribution < -0.4 is 0 Å². The average Bonchev–Trinajstić information content (AvgIpc) is 1.62. The molecule has 0 aliphatic carbocycles. The summed E-state index contributed by atoms with van der Waals surface area (Å²) in [7, 11) is 2.00. The van der Waals surface area contributed by atoms with Crippen LogP contribution in [-0.4, -0.2) is 35.7 Å². The summed E-state index contributed by atoms with van der Waals surface area (Å²) in [5, 5.41) is 9.28. The summed E-state index contributed by atoms with van der Waals surface area (Å²) >= 11 is 0. The molecule has 3 heteroatoms. The van der Waals surface area contributed by atoms with Gasteiger partial charge in [-0.1, -0.05) is 6.92 Å². The fraction of sp³-hybridized carbons (Fsp3) is 1.00. The maximum atomic E-state index is 9.28. The Morgan fingerprint density at radius 3 is 1.90 bits per heavy atom. The van der Waals surface area contributed by atoms with Crippen molar-refractivity contribution >= 4 is 0 Å². The Bertz CT molecular complexity index is 80.2. The average molecular weight is 222 g/mol. The number of likely N-dealkylation sites (N-methyl/N-ethyl adjacent to an activating group) is 1. The zero-order chi connectivity index (χ0) is 7.49. The summed E-state index contributed by atoms with van der Waals surface area (Å²) in [4.78, 5) is 2.08. The molecule has 2 nitrogen and oxygen atoms in total. The number of rotatable bonds is 3. The van der Waals surface area contributed by atoms with Crippen LogP contribution in [-0.2, 0) is 26.2 Å². The van der Waals surface area contributed by atoms with E-state index in [1.165, 1.54) is 0 Å². The molecule has 10 heavy (non-hydrogen) atoms. The zero-order valence-electron chi connectivity index (χ0n) is 7.31. The third kappa shape index (κ3) is 8.80. The molecule has 0 heterocycles. The maximum Gasteiger partial charge on any atom is 0.0718 e. The van der Waals surface area contributed by atoms with Crippen LogP contribution in [0.25, 0.3) is 0 Å². The van der Waals surface area contributed by atoms with Crippen molar-refractivity contribution in [2.75, 3.05) is 20.1 Å². The predicted molar refractivity (Wildman–Crippen MR) is 39.5 cm³/mol. The smallest absolute Gasteiger partial charge is 0.0718 e. The van der Waals surface area contributed by atoms with Crippen molar-refractivity contribution in [1.82, 2.24) is 4.90 Å². The van der Waals surface area contributed by atoms with E-state index in [-0.39, 0.29) is 26.2 Å². The van der Waals surface area contributed by atoms with Crippen molar-refractivity contribution in [2.24, 2.45) is 0 Å². The van der Waals surface area contributed by atoms with Gasteiger partial charge in [-0.25, -0.2) is 0 Å². The summed E-state index contributed by atoms with van der Waals surface area (Å²) in [5.41, 5.74) is -0.551. The minimum atomic E-state index is -0.551. The first-order valence-electron chi connectivity index (χ1n) is 3.36. The van der Waals surface area contributed by atoms with Crippen molar-refractivity contribution in [3.63, 3.8) is 0 Å². The number of nitrogens with zero attached hydrogens (tertiary/aromatic N) is 1. The largest absolute Gasteiger partial charge is 0.389 e.